The summed E-state index contributed by atoms with van der Waals surface area (Å²) >= 11 is 2.22. The van der Waals surface area contributed by atoms with E-state index in [0.29, 0.717) is 11.4 Å². The summed E-state index contributed by atoms with van der Waals surface area (Å²) in [7, 11) is -3.98. The first kappa shape index (κ1) is 24.9. The van der Waals surface area contributed by atoms with Gasteiger partial charge in [0.25, 0.3) is 15.9 Å². The lowest BCUT2D eigenvalue weighted by Crippen LogP contribution is -2.40. The van der Waals surface area contributed by atoms with Crippen molar-refractivity contribution in [3.05, 3.63) is 92.6 Å². The molecule has 3 rings (SSSR count). The van der Waals surface area contributed by atoms with Crippen LogP contribution in [-0.4, -0.2) is 26.6 Å². The van der Waals surface area contributed by atoms with Gasteiger partial charge in [0, 0.05) is 3.57 Å². The Hall–Kier alpha value is -2.72. The van der Waals surface area contributed by atoms with E-state index in [-0.39, 0.29) is 4.90 Å². The zero-order valence-electron chi connectivity index (χ0n) is 19.0. The second kappa shape index (κ2) is 10.5. The predicted octanol–water partition coefficient (Wildman–Crippen LogP) is 4.95. The van der Waals surface area contributed by atoms with E-state index in [2.05, 4.69) is 33.1 Å². The molecular weight excluding hydrogens is 549 g/mol. The standard InChI is InChI=1S/C25H26IN3O3S/c1-17-8-14-23(15-9-17)33(31,32)29(24-7-5-6-18(2)19(24)3)16-25(30)28-27-20(4)21-10-12-22(26)13-11-21/h5-15H,16H2,1-4H3,(H,28,30)/b27-20-. The number of nitrogens with one attached hydrogen (secondary N) is 1. The number of rotatable bonds is 7. The second-order valence-corrected chi connectivity index (χ2v) is 10.9. The lowest BCUT2D eigenvalue weighted by molar-refractivity contribution is -0.119. The van der Waals surface area contributed by atoms with Crippen molar-refractivity contribution in [2.45, 2.75) is 32.6 Å². The number of benzene rings is 3. The van der Waals surface area contributed by atoms with Gasteiger partial charge in [-0.15, -0.1) is 0 Å². The molecule has 0 atom stereocenters. The summed E-state index contributed by atoms with van der Waals surface area (Å²) < 4.78 is 29.3. The summed E-state index contributed by atoms with van der Waals surface area (Å²) in [6.07, 6.45) is 0. The van der Waals surface area contributed by atoms with Gasteiger partial charge in [-0.3, -0.25) is 9.10 Å². The molecule has 3 aromatic carbocycles. The van der Waals surface area contributed by atoms with Crippen LogP contribution in [0.3, 0.4) is 0 Å². The number of aryl methyl sites for hydroxylation is 2. The molecule has 1 N–H and O–H groups in total. The van der Waals surface area contributed by atoms with E-state index in [1.165, 1.54) is 0 Å². The summed E-state index contributed by atoms with van der Waals surface area (Å²) in [6, 6.07) is 19.7. The van der Waals surface area contributed by atoms with Gasteiger partial charge in [0.15, 0.2) is 0 Å². The Morgan fingerprint density at radius 2 is 1.61 bits per heavy atom. The summed E-state index contributed by atoms with van der Waals surface area (Å²) in [5, 5.41) is 4.17. The van der Waals surface area contributed by atoms with Crippen LogP contribution in [0, 0.1) is 24.3 Å². The Bertz CT molecular complexity index is 1290. The molecule has 0 heterocycles. The number of hydrogen-bond donors (Lipinski definition) is 1. The molecule has 0 spiro atoms. The van der Waals surface area contributed by atoms with Crippen LogP contribution in [0.4, 0.5) is 5.69 Å². The molecule has 6 nitrogen and oxygen atoms in total. The number of nitrogens with zero attached hydrogens (tertiary/aromatic N) is 2. The Morgan fingerprint density at radius 3 is 2.24 bits per heavy atom. The average Bonchev–Trinajstić information content (AvgIpc) is 2.78. The topological polar surface area (TPSA) is 78.8 Å². The molecule has 0 saturated carbocycles. The highest BCUT2D eigenvalue weighted by Gasteiger charge is 2.28. The Labute approximate surface area is 208 Å². The minimum Gasteiger partial charge on any atom is -0.271 e. The Morgan fingerprint density at radius 1 is 0.970 bits per heavy atom. The number of amides is 1. The van der Waals surface area contributed by atoms with Crippen LogP contribution < -0.4 is 9.73 Å². The van der Waals surface area contributed by atoms with Crippen LogP contribution in [0.5, 0.6) is 0 Å². The first-order chi connectivity index (χ1) is 15.6. The van der Waals surface area contributed by atoms with Crippen molar-refractivity contribution in [1.82, 2.24) is 5.43 Å². The van der Waals surface area contributed by atoms with Crippen molar-refractivity contribution in [2.24, 2.45) is 5.10 Å². The van der Waals surface area contributed by atoms with E-state index < -0.39 is 22.5 Å². The lowest BCUT2D eigenvalue weighted by Gasteiger charge is -2.26. The third kappa shape index (κ3) is 6.00. The molecule has 8 heteroatoms. The molecule has 0 fully saturated rings. The van der Waals surface area contributed by atoms with Gasteiger partial charge in [-0.2, -0.15) is 5.10 Å². The minimum atomic E-state index is -3.98. The van der Waals surface area contributed by atoms with Gasteiger partial charge < -0.3 is 0 Å². The van der Waals surface area contributed by atoms with Crippen molar-refractivity contribution < 1.29 is 13.2 Å². The number of carbonyl (C=O) groups excluding carboxylic acids is 1. The van der Waals surface area contributed by atoms with Gasteiger partial charge >= 0.3 is 0 Å². The molecule has 0 radical (unpaired) electrons. The highest BCUT2D eigenvalue weighted by molar-refractivity contribution is 14.1. The maximum absolute atomic E-state index is 13.5. The van der Waals surface area contributed by atoms with Gasteiger partial charge in [-0.25, -0.2) is 13.8 Å². The second-order valence-electron chi connectivity index (χ2n) is 7.78. The molecule has 0 saturated heterocycles. The quantitative estimate of drug-likeness (QED) is 0.246. The maximum atomic E-state index is 13.5. The van der Waals surface area contributed by atoms with E-state index in [0.717, 1.165) is 30.1 Å². The van der Waals surface area contributed by atoms with Crippen LogP contribution in [0.25, 0.3) is 0 Å². The van der Waals surface area contributed by atoms with Gasteiger partial charge in [-0.05, 0) is 97.3 Å². The molecule has 33 heavy (non-hydrogen) atoms. The largest absolute Gasteiger partial charge is 0.271 e. The number of carbonyl (C=O) groups is 1. The third-order valence-electron chi connectivity index (χ3n) is 5.35. The molecule has 172 valence electrons. The smallest absolute Gasteiger partial charge is 0.264 e. The number of anilines is 1. The van der Waals surface area contributed by atoms with E-state index >= 15 is 0 Å². The van der Waals surface area contributed by atoms with Crippen LogP contribution in [0.15, 0.2) is 76.7 Å². The van der Waals surface area contributed by atoms with Crippen molar-refractivity contribution in [1.29, 1.82) is 0 Å². The Kier molecular flexibility index (Phi) is 7.91. The van der Waals surface area contributed by atoms with Gasteiger partial charge in [-0.1, -0.05) is 42.0 Å². The summed E-state index contributed by atoms with van der Waals surface area (Å²) in [6.45, 7) is 7.03. The molecule has 1 amide bonds. The zero-order valence-corrected chi connectivity index (χ0v) is 21.9. The van der Waals surface area contributed by atoms with Crippen molar-refractivity contribution in [3.8, 4) is 0 Å². The van der Waals surface area contributed by atoms with Gasteiger partial charge in [0.1, 0.15) is 6.54 Å². The number of hydrogen-bond acceptors (Lipinski definition) is 4. The van der Waals surface area contributed by atoms with Gasteiger partial charge in [0.05, 0.1) is 16.3 Å². The average molecular weight is 575 g/mol. The fraction of sp³-hybridized carbons (Fsp3) is 0.200. The van der Waals surface area contributed by atoms with E-state index in [9.17, 15) is 13.2 Å². The van der Waals surface area contributed by atoms with Crippen LogP contribution >= 0.6 is 22.6 Å². The Balaban J connectivity index is 1.92. The highest BCUT2D eigenvalue weighted by atomic mass is 127. The third-order valence-corrected chi connectivity index (χ3v) is 7.84. The maximum Gasteiger partial charge on any atom is 0.264 e. The van der Waals surface area contributed by atoms with Gasteiger partial charge in [0.2, 0.25) is 0 Å². The van der Waals surface area contributed by atoms with E-state index in [1.54, 1.807) is 43.3 Å². The van der Waals surface area contributed by atoms with Crippen LogP contribution in [0.1, 0.15) is 29.2 Å². The fourth-order valence-corrected chi connectivity index (χ4v) is 5.05. The number of halogens is 1. The summed E-state index contributed by atoms with van der Waals surface area (Å²) in [5.74, 6) is -0.531. The highest BCUT2D eigenvalue weighted by Crippen LogP contribution is 2.28. The van der Waals surface area contributed by atoms with Crippen LogP contribution in [0.2, 0.25) is 0 Å². The molecule has 0 aliphatic heterocycles. The fourth-order valence-electron chi connectivity index (χ4n) is 3.21. The first-order valence-corrected chi connectivity index (χ1v) is 12.9. The van der Waals surface area contributed by atoms with Crippen molar-refractivity contribution in [2.75, 3.05) is 10.8 Å². The van der Waals surface area contributed by atoms with Crippen LogP contribution in [-0.2, 0) is 14.8 Å². The zero-order chi connectivity index (χ0) is 24.2. The monoisotopic (exact) mass is 575 g/mol. The molecule has 0 bridgehead atoms. The number of hydrazone groups is 1. The van der Waals surface area contributed by atoms with Crippen molar-refractivity contribution in [3.63, 3.8) is 0 Å². The van der Waals surface area contributed by atoms with Crippen molar-refractivity contribution >= 4 is 49.9 Å². The first-order valence-electron chi connectivity index (χ1n) is 10.3. The molecule has 0 aromatic heterocycles. The lowest BCUT2D eigenvalue weighted by atomic mass is 10.1. The van der Waals surface area contributed by atoms with E-state index in [4.69, 9.17) is 0 Å². The molecule has 0 unspecified atom stereocenters. The summed E-state index contributed by atoms with van der Waals surface area (Å²) in [4.78, 5) is 12.9. The molecule has 0 aliphatic rings. The predicted molar refractivity (Wildman–Crippen MR) is 141 cm³/mol. The van der Waals surface area contributed by atoms with E-state index in [1.807, 2.05) is 51.1 Å². The summed E-state index contributed by atoms with van der Waals surface area (Å²) in [5.41, 5.74) is 7.14. The number of sulfonamides is 1. The normalized spacial score (nSPS) is 11.8. The molecule has 0 aliphatic carbocycles. The SMILES string of the molecule is C/C(=N/NC(=O)CN(c1cccc(C)c1C)S(=O)(=O)c1ccc(C)cc1)c1ccc(I)cc1. The minimum absolute atomic E-state index is 0.125. The molecular formula is C25H26IN3O3S. The molecule has 3 aromatic rings.